The van der Waals surface area contributed by atoms with Crippen molar-refractivity contribution in [2.24, 2.45) is 0 Å². The molecule has 1 heterocycles. The third-order valence-corrected chi connectivity index (χ3v) is 4.81. The molecule has 0 aliphatic heterocycles. The summed E-state index contributed by atoms with van der Waals surface area (Å²) in [5.74, 6) is -0.698. The Balaban J connectivity index is 1.88. The first-order valence-corrected chi connectivity index (χ1v) is 9.06. The number of aryl methyl sites for hydroxylation is 1. The second-order valence-electron chi connectivity index (χ2n) is 6.29. The number of methoxy groups -OCH3 is 1. The Kier molecular flexibility index (Phi) is 5.80. The number of benzene rings is 2. The van der Waals surface area contributed by atoms with Gasteiger partial charge in [0.25, 0.3) is 5.91 Å². The first kappa shape index (κ1) is 19.6. The summed E-state index contributed by atoms with van der Waals surface area (Å²) < 4.78 is 6.60. The third-order valence-electron chi connectivity index (χ3n) is 4.48. The molecule has 0 saturated heterocycles. The molecule has 0 spiro atoms. The quantitative estimate of drug-likeness (QED) is 0.653. The van der Waals surface area contributed by atoms with Gasteiger partial charge in [0.1, 0.15) is 0 Å². The minimum Gasteiger partial charge on any atom is -0.465 e. The van der Waals surface area contributed by atoms with E-state index in [0.29, 0.717) is 34.1 Å². The van der Waals surface area contributed by atoms with Crippen LogP contribution in [0.5, 0.6) is 0 Å². The fourth-order valence-corrected chi connectivity index (χ4v) is 3.21. The van der Waals surface area contributed by atoms with E-state index in [0.717, 1.165) is 11.3 Å². The number of anilines is 1. The molecule has 3 aromatic rings. The molecule has 0 unspecified atom stereocenters. The number of ether oxygens (including phenoxy) is 1. The molecule has 0 bridgehead atoms. The zero-order valence-corrected chi connectivity index (χ0v) is 16.6. The molecule has 144 valence electrons. The first-order chi connectivity index (χ1) is 13.4. The van der Waals surface area contributed by atoms with E-state index in [9.17, 15) is 9.59 Å². The van der Waals surface area contributed by atoms with E-state index in [1.807, 2.05) is 26.0 Å². The van der Waals surface area contributed by atoms with Crippen molar-refractivity contribution in [2.75, 3.05) is 12.4 Å². The van der Waals surface area contributed by atoms with Gasteiger partial charge in [-0.15, -0.1) is 0 Å². The Morgan fingerprint density at radius 3 is 2.39 bits per heavy atom. The van der Waals surface area contributed by atoms with Crippen LogP contribution in [0.15, 0.2) is 48.5 Å². The van der Waals surface area contributed by atoms with Gasteiger partial charge in [0, 0.05) is 0 Å². The van der Waals surface area contributed by atoms with E-state index in [1.54, 1.807) is 41.1 Å². The van der Waals surface area contributed by atoms with Gasteiger partial charge in [-0.3, -0.25) is 9.48 Å². The number of halogens is 1. The van der Waals surface area contributed by atoms with Crippen LogP contribution in [-0.4, -0.2) is 28.8 Å². The van der Waals surface area contributed by atoms with Crippen molar-refractivity contribution in [3.8, 4) is 0 Å². The SMILES string of the molecule is COC(=O)c1ccccc1Cn1nc(C)c(NC(=O)c2ccccc2Cl)c1C. The van der Waals surface area contributed by atoms with Gasteiger partial charge >= 0.3 is 5.97 Å². The van der Waals surface area contributed by atoms with Crippen molar-refractivity contribution in [3.63, 3.8) is 0 Å². The number of nitrogens with zero attached hydrogens (tertiary/aromatic N) is 2. The molecule has 1 aromatic heterocycles. The maximum Gasteiger partial charge on any atom is 0.338 e. The topological polar surface area (TPSA) is 73.2 Å². The summed E-state index contributed by atoms with van der Waals surface area (Å²) in [7, 11) is 1.35. The van der Waals surface area contributed by atoms with E-state index in [-0.39, 0.29) is 5.91 Å². The zero-order chi connectivity index (χ0) is 20.3. The normalized spacial score (nSPS) is 10.6. The molecule has 0 atom stereocenters. The van der Waals surface area contributed by atoms with E-state index < -0.39 is 5.97 Å². The van der Waals surface area contributed by atoms with Crippen LogP contribution < -0.4 is 5.32 Å². The Morgan fingerprint density at radius 1 is 1.07 bits per heavy atom. The lowest BCUT2D eigenvalue weighted by atomic mass is 10.1. The maximum absolute atomic E-state index is 12.6. The Hall–Kier alpha value is -3.12. The molecule has 0 aliphatic rings. The highest BCUT2D eigenvalue weighted by molar-refractivity contribution is 6.34. The summed E-state index contributed by atoms with van der Waals surface area (Å²) >= 11 is 6.11. The van der Waals surface area contributed by atoms with Crippen LogP contribution in [0.3, 0.4) is 0 Å². The fourth-order valence-electron chi connectivity index (χ4n) is 2.99. The van der Waals surface area contributed by atoms with Gasteiger partial charge < -0.3 is 10.1 Å². The van der Waals surface area contributed by atoms with Crippen molar-refractivity contribution in [2.45, 2.75) is 20.4 Å². The van der Waals surface area contributed by atoms with Crippen LogP contribution in [0.2, 0.25) is 5.02 Å². The maximum atomic E-state index is 12.6. The number of hydrogen-bond donors (Lipinski definition) is 1. The van der Waals surface area contributed by atoms with Crippen molar-refractivity contribution >= 4 is 29.2 Å². The predicted molar refractivity (Wildman–Crippen MR) is 108 cm³/mol. The van der Waals surface area contributed by atoms with Gasteiger partial charge in [0.05, 0.1) is 46.9 Å². The first-order valence-electron chi connectivity index (χ1n) is 8.68. The molecular weight excluding hydrogens is 378 g/mol. The Labute approximate surface area is 168 Å². The summed E-state index contributed by atoms with van der Waals surface area (Å²) in [5, 5.41) is 7.79. The minimum absolute atomic E-state index is 0.300. The van der Waals surface area contributed by atoms with Gasteiger partial charge in [-0.1, -0.05) is 41.9 Å². The van der Waals surface area contributed by atoms with Crippen LogP contribution in [0.1, 0.15) is 37.7 Å². The monoisotopic (exact) mass is 397 g/mol. The molecule has 7 heteroatoms. The number of carbonyl (C=O) groups excluding carboxylic acids is 2. The van der Waals surface area contributed by atoms with Crippen LogP contribution in [0, 0.1) is 13.8 Å². The number of carbonyl (C=O) groups is 2. The average molecular weight is 398 g/mol. The lowest BCUT2D eigenvalue weighted by Crippen LogP contribution is -2.14. The van der Waals surface area contributed by atoms with Crippen molar-refractivity contribution < 1.29 is 14.3 Å². The highest BCUT2D eigenvalue weighted by atomic mass is 35.5. The minimum atomic E-state index is -0.399. The number of nitrogens with one attached hydrogen (secondary N) is 1. The average Bonchev–Trinajstić information content (AvgIpc) is 2.95. The number of aromatic nitrogens is 2. The Morgan fingerprint density at radius 2 is 1.71 bits per heavy atom. The van der Waals surface area contributed by atoms with Gasteiger partial charge in [0.15, 0.2) is 0 Å². The summed E-state index contributed by atoms with van der Waals surface area (Å²) in [4.78, 5) is 24.6. The standard InChI is InChI=1S/C21H20ClN3O3/c1-13-19(23-20(26)17-10-6-7-11-18(17)22)14(2)25(24-13)12-15-8-4-5-9-16(15)21(27)28-3/h4-11H,12H2,1-3H3,(H,23,26). The zero-order valence-electron chi connectivity index (χ0n) is 15.8. The molecular formula is C21H20ClN3O3. The number of rotatable bonds is 5. The molecule has 0 fully saturated rings. The van der Waals surface area contributed by atoms with E-state index in [1.165, 1.54) is 7.11 Å². The summed E-state index contributed by atoms with van der Waals surface area (Å²) in [6, 6.07) is 14.1. The smallest absolute Gasteiger partial charge is 0.338 e. The number of esters is 1. The third kappa shape index (κ3) is 3.92. The fraction of sp³-hybridized carbons (Fsp3) is 0.190. The van der Waals surface area contributed by atoms with Gasteiger partial charge in [-0.25, -0.2) is 4.79 Å². The molecule has 28 heavy (non-hydrogen) atoms. The number of amides is 1. The van der Waals surface area contributed by atoms with Crippen LogP contribution in [0.25, 0.3) is 0 Å². The molecule has 0 saturated carbocycles. The van der Waals surface area contributed by atoms with Crippen molar-refractivity contribution in [3.05, 3.63) is 81.6 Å². The molecule has 6 nitrogen and oxygen atoms in total. The molecule has 1 amide bonds. The Bertz CT molecular complexity index is 1040. The van der Waals surface area contributed by atoms with Gasteiger partial charge in [-0.05, 0) is 37.6 Å². The van der Waals surface area contributed by atoms with Crippen molar-refractivity contribution in [1.29, 1.82) is 0 Å². The summed E-state index contributed by atoms with van der Waals surface area (Å²) in [6.07, 6.45) is 0. The molecule has 2 aromatic carbocycles. The number of hydrogen-bond acceptors (Lipinski definition) is 4. The van der Waals surface area contributed by atoms with Crippen LogP contribution >= 0.6 is 11.6 Å². The second-order valence-corrected chi connectivity index (χ2v) is 6.69. The van der Waals surface area contributed by atoms with Crippen molar-refractivity contribution in [1.82, 2.24) is 9.78 Å². The molecule has 3 rings (SSSR count). The van der Waals surface area contributed by atoms with Gasteiger partial charge in [0.2, 0.25) is 0 Å². The highest BCUT2D eigenvalue weighted by Gasteiger charge is 2.18. The van der Waals surface area contributed by atoms with E-state index in [2.05, 4.69) is 10.4 Å². The summed E-state index contributed by atoms with van der Waals surface area (Å²) in [5.41, 5.74) is 3.74. The largest absolute Gasteiger partial charge is 0.465 e. The molecule has 0 radical (unpaired) electrons. The van der Waals surface area contributed by atoms with Crippen LogP contribution in [-0.2, 0) is 11.3 Å². The van der Waals surface area contributed by atoms with E-state index >= 15 is 0 Å². The highest BCUT2D eigenvalue weighted by Crippen LogP contribution is 2.24. The summed E-state index contributed by atoms with van der Waals surface area (Å²) in [6.45, 7) is 4.06. The van der Waals surface area contributed by atoms with Crippen LogP contribution in [0.4, 0.5) is 5.69 Å². The van der Waals surface area contributed by atoms with Gasteiger partial charge in [-0.2, -0.15) is 5.10 Å². The second kappa shape index (κ2) is 8.27. The lowest BCUT2D eigenvalue weighted by Gasteiger charge is -2.10. The molecule has 1 N–H and O–H groups in total. The lowest BCUT2D eigenvalue weighted by molar-refractivity contribution is 0.0599. The predicted octanol–water partition coefficient (Wildman–Crippen LogP) is 4.24. The van der Waals surface area contributed by atoms with E-state index in [4.69, 9.17) is 16.3 Å². The molecule has 0 aliphatic carbocycles.